The Morgan fingerprint density at radius 2 is 2.04 bits per heavy atom. The average molecular weight is 405 g/mol. The maximum Gasteiger partial charge on any atom is 0.488 e. The van der Waals surface area contributed by atoms with Gasteiger partial charge in [-0.15, -0.1) is 4.40 Å². The highest BCUT2D eigenvalue weighted by molar-refractivity contribution is 7.90. The third-order valence-corrected chi connectivity index (χ3v) is 5.40. The summed E-state index contributed by atoms with van der Waals surface area (Å²) in [4.78, 5) is -0.120. The van der Waals surface area contributed by atoms with Gasteiger partial charge in [-0.1, -0.05) is 18.2 Å². The number of ether oxygens (including phenoxy) is 1. The van der Waals surface area contributed by atoms with Crippen LogP contribution in [0.25, 0.3) is 0 Å². The molecule has 2 aromatic carbocycles. The molecule has 0 atom stereocenters. The van der Waals surface area contributed by atoms with Crippen molar-refractivity contribution in [3.05, 3.63) is 53.3 Å². The van der Waals surface area contributed by atoms with Gasteiger partial charge in [0.05, 0.1) is 13.3 Å². The lowest BCUT2D eigenvalue weighted by atomic mass is 9.80. The third-order valence-electron chi connectivity index (χ3n) is 4.09. The molecule has 2 N–H and O–H groups in total. The molecule has 28 heavy (non-hydrogen) atoms. The van der Waals surface area contributed by atoms with Crippen LogP contribution in [0.2, 0.25) is 0 Å². The molecule has 0 spiro atoms. The van der Waals surface area contributed by atoms with Crippen LogP contribution in [0.4, 0.5) is 4.39 Å². The van der Waals surface area contributed by atoms with Gasteiger partial charge in [0.15, 0.2) is 17.4 Å². The number of methoxy groups -OCH3 is 1. The van der Waals surface area contributed by atoms with E-state index < -0.39 is 23.0 Å². The number of halogens is 1. The Morgan fingerprint density at radius 3 is 2.68 bits per heavy atom. The number of nitrogens with zero attached hydrogens (tertiary/aromatic N) is 3. The van der Waals surface area contributed by atoms with Crippen molar-refractivity contribution in [1.82, 2.24) is 5.01 Å². The van der Waals surface area contributed by atoms with E-state index in [2.05, 4.69) is 9.50 Å². The number of sulfonamides is 1. The summed E-state index contributed by atoms with van der Waals surface area (Å²) in [5.41, 5.74) is 0.904. The van der Waals surface area contributed by atoms with Gasteiger partial charge in [-0.3, -0.25) is 0 Å². The van der Waals surface area contributed by atoms with Crippen molar-refractivity contribution in [3.8, 4) is 5.75 Å². The minimum atomic E-state index is -3.98. The van der Waals surface area contributed by atoms with E-state index in [0.717, 1.165) is 0 Å². The second-order valence-corrected chi connectivity index (χ2v) is 7.45. The Labute approximate surface area is 161 Å². The molecule has 8 nitrogen and oxygen atoms in total. The summed E-state index contributed by atoms with van der Waals surface area (Å²) in [6, 6.07) is 8.24. The zero-order valence-corrected chi connectivity index (χ0v) is 15.9. The van der Waals surface area contributed by atoms with Gasteiger partial charge >= 0.3 is 7.12 Å². The topological polar surface area (TPSA) is 112 Å². The van der Waals surface area contributed by atoms with Gasteiger partial charge < -0.3 is 14.8 Å². The van der Waals surface area contributed by atoms with E-state index in [0.29, 0.717) is 17.7 Å². The average Bonchev–Trinajstić information content (AvgIpc) is 2.94. The molecule has 1 aliphatic heterocycles. The molecule has 0 saturated heterocycles. The lowest BCUT2D eigenvalue weighted by Crippen LogP contribution is -2.31. The number of hydrogen-bond donors (Lipinski definition) is 2. The molecule has 1 heterocycles. The summed E-state index contributed by atoms with van der Waals surface area (Å²) >= 11 is 0. The second-order valence-electron chi connectivity index (χ2n) is 5.87. The summed E-state index contributed by atoms with van der Waals surface area (Å²) in [6.07, 6.45) is 1.43. The number of amidine groups is 1. The molecule has 0 bridgehead atoms. The summed E-state index contributed by atoms with van der Waals surface area (Å²) in [5, 5.41) is 24.2. The molecule has 3 rings (SSSR count). The maximum absolute atomic E-state index is 13.5. The van der Waals surface area contributed by atoms with Crippen LogP contribution < -0.4 is 10.2 Å². The molecule has 0 saturated carbocycles. The van der Waals surface area contributed by atoms with Crippen molar-refractivity contribution >= 4 is 34.7 Å². The quantitative estimate of drug-likeness (QED) is 0.421. The highest BCUT2D eigenvalue weighted by Gasteiger charge is 2.33. The minimum absolute atomic E-state index is 0.0451. The van der Waals surface area contributed by atoms with Gasteiger partial charge in [-0.2, -0.15) is 13.5 Å². The number of hydrogen-bond acceptors (Lipinski definition) is 7. The van der Waals surface area contributed by atoms with Crippen molar-refractivity contribution in [2.24, 2.45) is 9.50 Å². The molecule has 146 valence electrons. The lowest BCUT2D eigenvalue weighted by molar-refractivity contribution is 0.386. The Hall–Kier alpha value is -2.76. The number of benzene rings is 2. The molecule has 0 aliphatic carbocycles. The van der Waals surface area contributed by atoms with Crippen LogP contribution in [0.5, 0.6) is 5.75 Å². The van der Waals surface area contributed by atoms with Crippen LogP contribution in [-0.4, -0.2) is 56.3 Å². The largest absolute Gasteiger partial charge is 0.494 e. The highest BCUT2D eigenvalue weighted by atomic mass is 32.2. The van der Waals surface area contributed by atoms with Gasteiger partial charge in [0.1, 0.15) is 4.90 Å². The van der Waals surface area contributed by atoms with E-state index in [1.54, 1.807) is 6.92 Å². The van der Waals surface area contributed by atoms with Gasteiger partial charge in [-0.05, 0) is 36.1 Å². The Balaban J connectivity index is 1.96. The Bertz CT molecular complexity index is 1070. The molecular weight excluding hydrogens is 388 g/mol. The van der Waals surface area contributed by atoms with Crippen LogP contribution in [-0.2, 0) is 10.0 Å². The van der Waals surface area contributed by atoms with Crippen LogP contribution in [0, 0.1) is 5.82 Å². The number of fused-ring (bicyclic) bond motifs is 1. The number of rotatable bonds is 5. The molecule has 0 amide bonds. The molecule has 0 fully saturated rings. The van der Waals surface area contributed by atoms with Gasteiger partial charge in [-0.25, -0.2) is 9.40 Å². The molecule has 0 aromatic heterocycles. The van der Waals surface area contributed by atoms with Crippen LogP contribution >= 0.6 is 0 Å². The predicted molar refractivity (Wildman–Crippen MR) is 103 cm³/mol. The molecular formula is C17H17BFN3O5S. The Morgan fingerprint density at radius 1 is 1.29 bits per heavy atom. The zero-order valence-electron chi connectivity index (χ0n) is 15.1. The highest BCUT2D eigenvalue weighted by Crippen LogP contribution is 2.27. The zero-order chi connectivity index (χ0) is 20.5. The molecule has 2 aromatic rings. The fraction of sp³-hybridized carbons (Fsp3) is 0.176. The van der Waals surface area contributed by atoms with Crippen LogP contribution in [0.3, 0.4) is 0 Å². The number of hydrazone groups is 1. The SMILES string of the molecule is CCN(/N=C/c1ccc(F)c(OC)c1)C1=NS(=O)(=O)c2cc(B(O)O)ccc21. The minimum Gasteiger partial charge on any atom is -0.494 e. The third kappa shape index (κ3) is 3.77. The van der Waals surface area contributed by atoms with Crippen molar-refractivity contribution < 1.29 is 27.6 Å². The van der Waals surface area contributed by atoms with E-state index in [9.17, 15) is 22.9 Å². The summed E-state index contributed by atoms with van der Waals surface area (Å²) < 4.78 is 47.0. The predicted octanol–water partition coefficient (Wildman–Crippen LogP) is 0.319. The van der Waals surface area contributed by atoms with Crippen molar-refractivity contribution in [2.75, 3.05) is 13.7 Å². The molecule has 0 radical (unpaired) electrons. The van der Waals surface area contributed by atoms with E-state index in [-0.39, 0.29) is 21.9 Å². The van der Waals surface area contributed by atoms with Crippen LogP contribution in [0.15, 0.2) is 50.8 Å². The first kappa shape index (κ1) is 20.0. The van der Waals surface area contributed by atoms with Gasteiger partial charge in [0.2, 0.25) is 0 Å². The first-order chi connectivity index (χ1) is 13.3. The standard InChI is InChI=1S/C17H17BFN3O5S/c1-3-22(20-10-11-4-7-14(19)15(8-11)27-2)17-13-6-5-12(18(23)24)9-16(13)28(25,26)21-17/h4-10,23-24H,3H2,1-2H3/b20-10+. The van der Waals surface area contributed by atoms with Gasteiger partial charge in [0.25, 0.3) is 10.0 Å². The van der Waals surface area contributed by atoms with E-state index in [1.165, 1.54) is 54.7 Å². The lowest BCUT2D eigenvalue weighted by Gasteiger charge is -2.16. The fourth-order valence-corrected chi connectivity index (χ4v) is 3.92. The van der Waals surface area contributed by atoms with E-state index in [4.69, 9.17) is 4.74 Å². The maximum atomic E-state index is 13.5. The summed E-state index contributed by atoms with van der Waals surface area (Å²) in [5.74, 6) is -0.330. The normalized spacial score (nSPS) is 14.7. The molecule has 0 unspecified atom stereocenters. The second kappa shape index (κ2) is 7.70. The van der Waals surface area contributed by atoms with Gasteiger partial charge in [0, 0.05) is 12.1 Å². The monoisotopic (exact) mass is 405 g/mol. The molecule has 11 heteroatoms. The first-order valence-electron chi connectivity index (χ1n) is 8.27. The van der Waals surface area contributed by atoms with E-state index >= 15 is 0 Å². The Kier molecular flexibility index (Phi) is 5.50. The fourth-order valence-electron chi connectivity index (χ4n) is 2.68. The first-order valence-corrected chi connectivity index (χ1v) is 9.71. The van der Waals surface area contributed by atoms with Crippen molar-refractivity contribution in [2.45, 2.75) is 11.8 Å². The molecule has 1 aliphatic rings. The van der Waals surface area contributed by atoms with E-state index in [1.807, 2.05) is 0 Å². The van der Waals surface area contributed by atoms with Crippen molar-refractivity contribution in [3.63, 3.8) is 0 Å². The smallest absolute Gasteiger partial charge is 0.488 e. The van der Waals surface area contributed by atoms with Crippen LogP contribution in [0.1, 0.15) is 18.1 Å². The summed E-state index contributed by atoms with van der Waals surface area (Å²) in [7, 11) is -4.43. The summed E-state index contributed by atoms with van der Waals surface area (Å²) in [6.45, 7) is 2.08. The van der Waals surface area contributed by atoms with Crippen molar-refractivity contribution in [1.29, 1.82) is 0 Å².